The Hall–Kier alpha value is -2.74. The summed E-state index contributed by atoms with van der Waals surface area (Å²) in [4.78, 5) is 27.1. The number of carbonyl (C=O) groups is 1. The number of nitrogens with zero attached hydrogens (tertiary/aromatic N) is 5. The van der Waals surface area contributed by atoms with Crippen LogP contribution in [0.2, 0.25) is 0 Å². The average Bonchev–Trinajstić information content (AvgIpc) is 3.09. The van der Waals surface area contributed by atoms with Gasteiger partial charge in [0.25, 0.3) is 0 Å². The van der Waals surface area contributed by atoms with Crippen molar-refractivity contribution in [1.29, 1.82) is 0 Å². The van der Waals surface area contributed by atoms with Crippen molar-refractivity contribution in [2.24, 2.45) is 0 Å². The van der Waals surface area contributed by atoms with Crippen molar-refractivity contribution in [3.05, 3.63) is 53.8 Å². The number of amides is 1. The SMILES string of the molecule is Cc1cc(C)nc(SC(C)C(=O)N(C)Cc2cc(-c3ccncc3)no2)n1. The molecule has 0 N–H and O–H groups in total. The molecule has 140 valence electrons. The number of aryl methyl sites for hydroxylation is 2. The Morgan fingerprint density at radius 2 is 1.85 bits per heavy atom. The van der Waals surface area contributed by atoms with Gasteiger partial charge in [-0.05, 0) is 39.0 Å². The molecule has 0 aliphatic carbocycles. The molecule has 0 saturated heterocycles. The summed E-state index contributed by atoms with van der Waals surface area (Å²) in [5.41, 5.74) is 3.43. The van der Waals surface area contributed by atoms with Crippen LogP contribution in [0.3, 0.4) is 0 Å². The molecule has 1 unspecified atom stereocenters. The van der Waals surface area contributed by atoms with E-state index in [1.165, 1.54) is 11.8 Å². The second-order valence-corrected chi connectivity index (χ2v) is 7.61. The van der Waals surface area contributed by atoms with E-state index in [1.54, 1.807) is 24.3 Å². The Labute approximate surface area is 162 Å². The number of hydrogen-bond donors (Lipinski definition) is 0. The molecule has 8 heteroatoms. The van der Waals surface area contributed by atoms with Gasteiger partial charge in [-0.3, -0.25) is 9.78 Å². The minimum atomic E-state index is -0.307. The van der Waals surface area contributed by atoms with Crippen LogP contribution in [0.4, 0.5) is 0 Å². The Balaban J connectivity index is 1.62. The fraction of sp³-hybridized carbons (Fsp3) is 0.316. The molecule has 0 aliphatic heterocycles. The van der Waals surface area contributed by atoms with E-state index in [1.807, 2.05) is 45.0 Å². The maximum atomic E-state index is 12.7. The number of hydrogen-bond acceptors (Lipinski definition) is 7. The van der Waals surface area contributed by atoms with Crippen molar-refractivity contribution in [2.45, 2.75) is 37.7 Å². The molecule has 3 aromatic rings. The van der Waals surface area contributed by atoms with Crippen LogP contribution in [0, 0.1) is 13.8 Å². The monoisotopic (exact) mass is 383 g/mol. The first-order valence-electron chi connectivity index (χ1n) is 8.52. The molecule has 0 radical (unpaired) electrons. The summed E-state index contributed by atoms with van der Waals surface area (Å²) in [6.45, 7) is 6.03. The van der Waals surface area contributed by atoms with Crippen molar-refractivity contribution < 1.29 is 9.32 Å². The van der Waals surface area contributed by atoms with E-state index in [9.17, 15) is 4.79 Å². The molecule has 3 heterocycles. The molecule has 0 bridgehead atoms. The first-order chi connectivity index (χ1) is 12.9. The lowest BCUT2D eigenvalue weighted by molar-refractivity contribution is -0.129. The second kappa shape index (κ2) is 8.30. The largest absolute Gasteiger partial charge is 0.359 e. The maximum absolute atomic E-state index is 12.7. The van der Waals surface area contributed by atoms with Crippen LogP contribution in [0.5, 0.6) is 0 Å². The zero-order valence-corrected chi connectivity index (χ0v) is 16.5. The minimum Gasteiger partial charge on any atom is -0.359 e. The zero-order chi connectivity index (χ0) is 19.4. The Bertz CT molecular complexity index is 909. The summed E-state index contributed by atoms with van der Waals surface area (Å²) < 4.78 is 5.37. The molecular weight excluding hydrogens is 362 g/mol. The highest BCUT2D eigenvalue weighted by molar-refractivity contribution is 8.00. The van der Waals surface area contributed by atoms with E-state index < -0.39 is 0 Å². The van der Waals surface area contributed by atoms with Crippen LogP contribution in [0.25, 0.3) is 11.3 Å². The van der Waals surface area contributed by atoms with Gasteiger partial charge in [-0.2, -0.15) is 0 Å². The summed E-state index contributed by atoms with van der Waals surface area (Å²) in [5, 5.41) is 4.37. The van der Waals surface area contributed by atoms with Crippen LogP contribution < -0.4 is 0 Å². The molecule has 0 fully saturated rings. The standard InChI is InChI=1S/C19H21N5O2S/c1-12-9-13(2)22-19(21-12)27-14(3)18(25)24(4)11-16-10-17(23-26-16)15-5-7-20-8-6-15/h5-10,14H,11H2,1-4H3. The highest BCUT2D eigenvalue weighted by Crippen LogP contribution is 2.23. The van der Waals surface area contributed by atoms with Gasteiger partial charge >= 0.3 is 0 Å². The molecule has 1 atom stereocenters. The summed E-state index contributed by atoms with van der Waals surface area (Å²) in [6.07, 6.45) is 3.40. The topological polar surface area (TPSA) is 85.0 Å². The van der Waals surface area contributed by atoms with Crippen LogP contribution >= 0.6 is 11.8 Å². The molecule has 0 spiro atoms. The Morgan fingerprint density at radius 1 is 1.19 bits per heavy atom. The fourth-order valence-electron chi connectivity index (χ4n) is 2.62. The normalized spacial score (nSPS) is 12.0. The molecule has 0 aromatic carbocycles. The second-order valence-electron chi connectivity index (χ2n) is 6.30. The van der Waals surface area contributed by atoms with E-state index in [-0.39, 0.29) is 11.2 Å². The van der Waals surface area contributed by atoms with E-state index in [0.29, 0.717) is 17.5 Å². The maximum Gasteiger partial charge on any atom is 0.236 e. The highest BCUT2D eigenvalue weighted by atomic mass is 32.2. The van der Waals surface area contributed by atoms with Crippen molar-refractivity contribution in [3.63, 3.8) is 0 Å². The van der Waals surface area contributed by atoms with Gasteiger partial charge < -0.3 is 9.42 Å². The van der Waals surface area contributed by atoms with E-state index in [0.717, 1.165) is 22.6 Å². The molecular formula is C19H21N5O2S. The Morgan fingerprint density at radius 3 is 2.52 bits per heavy atom. The van der Waals surface area contributed by atoms with E-state index in [2.05, 4.69) is 20.1 Å². The summed E-state index contributed by atoms with van der Waals surface area (Å²) in [5.74, 6) is 0.599. The third kappa shape index (κ3) is 4.91. The van der Waals surface area contributed by atoms with Gasteiger partial charge in [-0.15, -0.1) is 0 Å². The van der Waals surface area contributed by atoms with Gasteiger partial charge in [-0.1, -0.05) is 16.9 Å². The predicted octanol–water partition coefficient (Wildman–Crippen LogP) is 3.28. The highest BCUT2D eigenvalue weighted by Gasteiger charge is 2.21. The number of pyridine rings is 1. The summed E-state index contributed by atoms with van der Waals surface area (Å²) in [6, 6.07) is 7.47. The van der Waals surface area contributed by atoms with E-state index >= 15 is 0 Å². The van der Waals surface area contributed by atoms with Gasteiger partial charge in [0.05, 0.1) is 11.8 Å². The lowest BCUT2D eigenvalue weighted by Gasteiger charge is -2.19. The van der Waals surface area contributed by atoms with Gasteiger partial charge in [-0.25, -0.2) is 9.97 Å². The van der Waals surface area contributed by atoms with Gasteiger partial charge in [0, 0.05) is 42.5 Å². The fourth-order valence-corrected chi connectivity index (χ4v) is 3.61. The quantitative estimate of drug-likeness (QED) is 0.477. The average molecular weight is 383 g/mol. The van der Waals surface area contributed by atoms with Crippen molar-refractivity contribution in [3.8, 4) is 11.3 Å². The third-order valence-electron chi connectivity index (χ3n) is 3.90. The van der Waals surface area contributed by atoms with Gasteiger partial charge in [0.2, 0.25) is 5.91 Å². The van der Waals surface area contributed by atoms with Crippen molar-refractivity contribution in [2.75, 3.05) is 7.05 Å². The Kier molecular flexibility index (Phi) is 5.85. The molecule has 27 heavy (non-hydrogen) atoms. The first kappa shape index (κ1) is 19.0. The minimum absolute atomic E-state index is 0.0235. The predicted molar refractivity (Wildman–Crippen MR) is 103 cm³/mol. The summed E-state index contributed by atoms with van der Waals surface area (Å²) in [7, 11) is 1.75. The van der Waals surface area contributed by atoms with Gasteiger partial charge in [0.1, 0.15) is 5.69 Å². The smallest absolute Gasteiger partial charge is 0.236 e. The zero-order valence-electron chi connectivity index (χ0n) is 15.7. The number of thioether (sulfide) groups is 1. The van der Waals surface area contributed by atoms with Crippen molar-refractivity contribution in [1.82, 2.24) is 25.0 Å². The molecule has 7 nitrogen and oxygen atoms in total. The molecule has 3 aromatic heterocycles. The number of rotatable bonds is 6. The lowest BCUT2D eigenvalue weighted by Crippen LogP contribution is -2.32. The third-order valence-corrected chi connectivity index (χ3v) is 4.84. The van der Waals surface area contributed by atoms with E-state index in [4.69, 9.17) is 4.52 Å². The number of carbonyl (C=O) groups excluding carboxylic acids is 1. The van der Waals surface area contributed by atoms with Crippen LogP contribution in [0.15, 0.2) is 46.3 Å². The molecule has 0 aliphatic rings. The molecule has 3 rings (SSSR count). The lowest BCUT2D eigenvalue weighted by atomic mass is 10.2. The first-order valence-corrected chi connectivity index (χ1v) is 9.40. The van der Waals surface area contributed by atoms with Crippen LogP contribution in [0.1, 0.15) is 24.1 Å². The summed E-state index contributed by atoms with van der Waals surface area (Å²) >= 11 is 1.35. The van der Waals surface area contributed by atoms with Crippen molar-refractivity contribution >= 4 is 17.7 Å². The molecule has 1 amide bonds. The van der Waals surface area contributed by atoms with Crippen LogP contribution in [-0.4, -0.2) is 43.2 Å². The van der Waals surface area contributed by atoms with Gasteiger partial charge in [0.15, 0.2) is 10.9 Å². The number of aromatic nitrogens is 4. The van der Waals surface area contributed by atoms with Crippen LogP contribution in [-0.2, 0) is 11.3 Å². The molecule has 0 saturated carbocycles.